The van der Waals surface area contributed by atoms with Gasteiger partial charge in [-0.1, -0.05) is 109 Å². The molecule has 4 nitrogen and oxygen atoms in total. The number of benzene rings is 8. The van der Waals surface area contributed by atoms with Crippen molar-refractivity contribution < 1.29 is 18.6 Å². The fourth-order valence-corrected chi connectivity index (χ4v) is 7.72. The summed E-state index contributed by atoms with van der Waals surface area (Å²) in [5.74, 6) is -0.0330. The average Bonchev–Trinajstić information content (AvgIpc) is 3.15. The SMILES string of the molecule is O=S(=O)(c1ccc(O)c(-c2ccc3cc(-c4ccccc4)ccc3c2)c1)c1ccc(O)c(-c2ccc3cc(-c4ccccc4)ccc3c2)c1. The van der Waals surface area contributed by atoms with Crippen LogP contribution in [0, 0.1) is 0 Å². The first-order valence-electron chi connectivity index (χ1n) is 15.9. The van der Waals surface area contributed by atoms with Crippen molar-refractivity contribution in [3.8, 4) is 56.0 Å². The van der Waals surface area contributed by atoms with Gasteiger partial charge in [0.2, 0.25) is 9.84 Å². The predicted octanol–water partition coefficient (Wildman–Crippen LogP) is 10.9. The zero-order valence-corrected chi connectivity index (χ0v) is 27.1. The Kier molecular flexibility index (Phi) is 7.47. The van der Waals surface area contributed by atoms with E-state index in [1.807, 2.05) is 84.9 Å². The van der Waals surface area contributed by atoms with E-state index >= 15 is 0 Å². The summed E-state index contributed by atoms with van der Waals surface area (Å²) in [4.78, 5) is 0.0897. The number of fused-ring (bicyclic) bond motifs is 2. The van der Waals surface area contributed by atoms with Crippen LogP contribution < -0.4 is 0 Å². The number of phenols is 2. The largest absolute Gasteiger partial charge is 0.507 e. The second-order valence-corrected chi connectivity index (χ2v) is 14.1. The molecule has 49 heavy (non-hydrogen) atoms. The fourth-order valence-electron chi connectivity index (χ4n) is 6.41. The van der Waals surface area contributed by atoms with E-state index in [0.29, 0.717) is 22.3 Å². The lowest BCUT2D eigenvalue weighted by molar-refractivity contribution is 0.476. The maximum absolute atomic E-state index is 14.0. The summed E-state index contributed by atoms with van der Waals surface area (Å²) in [5, 5.41) is 25.7. The third-order valence-electron chi connectivity index (χ3n) is 9.07. The van der Waals surface area contributed by atoms with E-state index in [-0.39, 0.29) is 21.3 Å². The predicted molar refractivity (Wildman–Crippen MR) is 198 cm³/mol. The molecule has 0 bridgehead atoms. The summed E-state index contributed by atoms with van der Waals surface area (Å²) in [5.41, 5.74) is 6.69. The van der Waals surface area contributed by atoms with E-state index in [9.17, 15) is 18.6 Å². The molecule has 0 radical (unpaired) electrons. The summed E-state index contributed by atoms with van der Waals surface area (Å²) < 4.78 is 28.1. The average molecular weight is 655 g/mol. The monoisotopic (exact) mass is 654 g/mol. The molecule has 0 fully saturated rings. The van der Waals surface area contributed by atoms with Crippen LogP contribution in [0.5, 0.6) is 11.5 Å². The highest BCUT2D eigenvalue weighted by Gasteiger charge is 2.22. The molecule has 0 saturated carbocycles. The first-order valence-corrected chi connectivity index (χ1v) is 17.4. The smallest absolute Gasteiger partial charge is 0.206 e. The van der Waals surface area contributed by atoms with Crippen LogP contribution in [0.2, 0.25) is 0 Å². The maximum atomic E-state index is 14.0. The Morgan fingerprint density at radius 1 is 0.327 bits per heavy atom. The summed E-state index contributed by atoms with van der Waals surface area (Å²) in [6.07, 6.45) is 0. The molecule has 0 aliphatic carbocycles. The van der Waals surface area contributed by atoms with Crippen LogP contribution in [0.4, 0.5) is 0 Å². The van der Waals surface area contributed by atoms with Gasteiger partial charge in [-0.25, -0.2) is 8.42 Å². The van der Waals surface area contributed by atoms with Gasteiger partial charge in [-0.15, -0.1) is 0 Å². The van der Waals surface area contributed by atoms with Gasteiger partial charge in [0.05, 0.1) is 9.79 Å². The molecule has 236 valence electrons. The van der Waals surface area contributed by atoms with Crippen molar-refractivity contribution >= 4 is 31.4 Å². The molecular weight excluding hydrogens is 625 g/mol. The standard InChI is InChI=1S/C44H30O4S/c45-43-21-19-39(27-41(43)37-17-15-33-23-31(11-13-35(33)25-37)29-7-3-1-4-8-29)49(47,48)40-20-22-44(46)42(28-40)38-18-16-34-24-32(12-14-36(34)26-38)30-9-5-2-6-10-30/h1-28,45-46H. The van der Waals surface area contributed by atoms with Crippen molar-refractivity contribution in [2.75, 3.05) is 0 Å². The van der Waals surface area contributed by atoms with E-state index < -0.39 is 9.84 Å². The summed E-state index contributed by atoms with van der Waals surface area (Å²) in [7, 11) is -4.01. The van der Waals surface area contributed by atoms with Gasteiger partial charge < -0.3 is 10.2 Å². The molecule has 2 N–H and O–H groups in total. The molecule has 0 aromatic heterocycles. The van der Waals surface area contributed by atoms with Gasteiger partial charge in [-0.05, 0) is 116 Å². The number of rotatable bonds is 6. The van der Waals surface area contributed by atoms with Crippen molar-refractivity contribution in [1.29, 1.82) is 0 Å². The number of hydrogen-bond acceptors (Lipinski definition) is 4. The second kappa shape index (κ2) is 12.1. The molecule has 0 atom stereocenters. The van der Waals surface area contributed by atoms with E-state index in [1.54, 1.807) is 0 Å². The molecule has 0 spiro atoms. The van der Waals surface area contributed by atoms with E-state index in [4.69, 9.17) is 0 Å². The van der Waals surface area contributed by atoms with Crippen LogP contribution in [0.3, 0.4) is 0 Å². The van der Waals surface area contributed by atoms with Gasteiger partial charge in [0.15, 0.2) is 0 Å². The van der Waals surface area contributed by atoms with Crippen molar-refractivity contribution in [2.45, 2.75) is 9.79 Å². The molecule has 0 aliphatic heterocycles. The Bertz CT molecular complexity index is 2450. The molecule has 8 aromatic rings. The highest BCUT2D eigenvalue weighted by molar-refractivity contribution is 7.91. The summed E-state index contributed by atoms with van der Waals surface area (Å²) >= 11 is 0. The normalized spacial score (nSPS) is 11.6. The van der Waals surface area contributed by atoms with Crippen LogP contribution in [-0.4, -0.2) is 18.6 Å². The molecule has 8 rings (SSSR count). The highest BCUT2D eigenvalue weighted by Crippen LogP contribution is 2.38. The van der Waals surface area contributed by atoms with E-state index in [1.165, 1.54) is 36.4 Å². The Morgan fingerprint density at radius 2 is 0.673 bits per heavy atom. The van der Waals surface area contributed by atoms with Crippen LogP contribution >= 0.6 is 0 Å². The Hall–Kier alpha value is -6.17. The van der Waals surface area contributed by atoms with Gasteiger partial charge in [-0.2, -0.15) is 0 Å². The number of aromatic hydroxyl groups is 2. The topological polar surface area (TPSA) is 74.6 Å². The molecule has 0 heterocycles. The van der Waals surface area contributed by atoms with Gasteiger partial charge >= 0.3 is 0 Å². The minimum Gasteiger partial charge on any atom is -0.507 e. The molecule has 8 aromatic carbocycles. The van der Waals surface area contributed by atoms with E-state index in [2.05, 4.69) is 48.5 Å². The zero-order chi connectivity index (χ0) is 33.5. The Morgan fingerprint density at radius 3 is 1.06 bits per heavy atom. The first kappa shape index (κ1) is 30.2. The third kappa shape index (κ3) is 5.71. The molecule has 0 amide bonds. The molecule has 0 saturated heterocycles. The van der Waals surface area contributed by atoms with Crippen LogP contribution in [0.25, 0.3) is 66.1 Å². The number of hydrogen-bond donors (Lipinski definition) is 2. The van der Waals surface area contributed by atoms with Crippen LogP contribution in [0.1, 0.15) is 0 Å². The quantitative estimate of drug-likeness (QED) is 0.187. The van der Waals surface area contributed by atoms with Crippen LogP contribution in [0.15, 0.2) is 180 Å². The lowest BCUT2D eigenvalue weighted by atomic mass is 9.97. The highest BCUT2D eigenvalue weighted by atomic mass is 32.2. The molecular formula is C44H30O4S. The van der Waals surface area contributed by atoms with Gasteiger partial charge in [0.1, 0.15) is 11.5 Å². The maximum Gasteiger partial charge on any atom is 0.206 e. The minimum atomic E-state index is -4.01. The van der Waals surface area contributed by atoms with Gasteiger partial charge in [0.25, 0.3) is 0 Å². The Balaban J connectivity index is 1.13. The first-order chi connectivity index (χ1) is 23.8. The third-order valence-corrected chi connectivity index (χ3v) is 10.8. The molecule has 0 aliphatic rings. The van der Waals surface area contributed by atoms with Crippen molar-refractivity contribution in [3.05, 3.63) is 170 Å². The lowest BCUT2D eigenvalue weighted by Gasteiger charge is -2.13. The van der Waals surface area contributed by atoms with Crippen molar-refractivity contribution in [2.24, 2.45) is 0 Å². The number of sulfone groups is 1. The van der Waals surface area contributed by atoms with Crippen LogP contribution in [-0.2, 0) is 9.84 Å². The van der Waals surface area contributed by atoms with Crippen molar-refractivity contribution in [1.82, 2.24) is 0 Å². The second-order valence-electron chi connectivity index (χ2n) is 12.1. The van der Waals surface area contributed by atoms with Gasteiger partial charge in [0, 0.05) is 11.1 Å². The van der Waals surface area contributed by atoms with Gasteiger partial charge in [-0.3, -0.25) is 0 Å². The molecule has 0 unspecified atom stereocenters. The lowest BCUT2D eigenvalue weighted by Crippen LogP contribution is -2.02. The van der Waals surface area contributed by atoms with Crippen molar-refractivity contribution in [3.63, 3.8) is 0 Å². The molecule has 5 heteroatoms. The Labute approximate surface area is 284 Å². The fraction of sp³-hybridized carbons (Fsp3) is 0. The zero-order valence-electron chi connectivity index (χ0n) is 26.3. The summed E-state index contributed by atoms with van der Waals surface area (Å²) in [6, 6.07) is 53.1. The summed E-state index contributed by atoms with van der Waals surface area (Å²) in [6.45, 7) is 0. The number of phenolic OH excluding ortho intramolecular Hbond substituents is 2. The minimum absolute atomic E-state index is 0.0165. The van der Waals surface area contributed by atoms with E-state index in [0.717, 1.165) is 43.8 Å².